The summed E-state index contributed by atoms with van der Waals surface area (Å²) in [6, 6.07) is -2.74. The Morgan fingerprint density at radius 3 is 2.15 bits per heavy atom. The number of hydrogen-bond acceptors (Lipinski definition) is 6. The molecule has 0 aromatic heterocycles. The van der Waals surface area contributed by atoms with Gasteiger partial charge in [-0.15, -0.1) is 0 Å². The maximum absolute atomic E-state index is 14.1. The average Bonchev–Trinajstić information content (AvgIpc) is 3.27. The van der Waals surface area contributed by atoms with Gasteiger partial charge in [0.15, 0.2) is 0 Å². The van der Waals surface area contributed by atoms with Gasteiger partial charge in [-0.1, -0.05) is 59.8 Å². The van der Waals surface area contributed by atoms with Crippen molar-refractivity contribution in [3.8, 4) is 0 Å². The van der Waals surface area contributed by atoms with Crippen LogP contribution in [-0.2, 0) is 23.9 Å². The number of ketones is 1. The van der Waals surface area contributed by atoms with Crippen molar-refractivity contribution in [3.63, 3.8) is 0 Å². The Bertz CT molecular complexity index is 979. The number of hydrogen-bond donors (Lipinski definition) is 3. The van der Waals surface area contributed by atoms with Crippen LogP contribution in [0.2, 0.25) is 0 Å². The second-order valence-corrected chi connectivity index (χ2v) is 14.0. The number of ether oxygens (including phenoxy) is 1. The highest BCUT2D eigenvalue weighted by molar-refractivity contribution is 6.37. The van der Waals surface area contributed by atoms with E-state index in [9.17, 15) is 24.0 Å². The number of nitrogens with one attached hydrogen (secondary N) is 2. The molecule has 0 radical (unpaired) electrons. The quantitative estimate of drug-likeness (QED) is 0.357. The lowest BCUT2D eigenvalue weighted by molar-refractivity contribution is -0.143. The topological polar surface area (TPSA) is 148 Å². The lowest BCUT2D eigenvalue weighted by atomic mass is 9.80. The monoisotopic (exact) mass is 548 g/mol. The van der Waals surface area contributed by atoms with Crippen LogP contribution in [0, 0.1) is 22.7 Å². The molecule has 3 aliphatic rings. The fraction of sp³-hybridized carbons (Fsp3) is 0.828. The number of likely N-dealkylation sites (tertiary alicyclic amines) is 1. The molecule has 5 atom stereocenters. The highest BCUT2D eigenvalue weighted by Gasteiger charge is 2.62. The molecule has 4 N–H and O–H groups in total. The predicted molar refractivity (Wildman–Crippen MR) is 146 cm³/mol. The fourth-order valence-electron chi connectivity index (χ4n) is 6.08. The van der Waals surface area contributed by atoms with Gasteiger partial charge in [-0.2, -0.15) is 0 Å². The van der Waals surface area contributed by atoms with Crippen molar-refractivity contribution in [1.82, 2.24) is 15.5 Å². The molecule has 1 aliphatic heterocycles. The molecule has 1 spiro atoms. The van der Waals surface area contributed by atoms with E-state index in [0.717, 1.165) is 38.5 Å². The van der Waals surface area contributed by atoms with Crippen molar-refractivity contribution in [2.45, 2.75) is 124 Å². The highest BCUT2D eigenvalue weighted by Crippen LogP contribution is 2.62. The summed E-state index contributed by atoms with van der Waals surface area (Å²) in [6.07, 6.45) is 6.05. The van der Waals surface area contributed by atoms with Crippen LogP contribution in [0.1, 0.15) is 99.8 Å². The molecule has 10 nitrogen and oxygen atoms in total. The van der Waals surface area contributed by atoms with E-state index >= 15 is 0 Å². The molecule has 39 heavy (non-hydrogen) atoms. The standard InChI is InChI=1S/C29H48N4O6/c1-8-10-18-14-29(18)15-20(24(36)31-19(21(34)23(30)35)13-17-11-9-12-17)33(16-29)25(37)22(27(2,3)4)32-26(38)39-28(5,6)7/h17-20,22H,8-16H2,1-7H3,(H2,30,35)(H,31,36)(H,32,38). The third kappa shape index (κ3) is 7.51. The molecule has 220 valence electrons. The lowest BCUT2D eigenvalue weighted by Gasteiger charge is -2.36. The summed E-state index contributed by atoms with van der Waals surface area (Å²) < 4.78 is 5.43. The van der Waals surface area contributed by atoms with Crippen LogP contribution in [0.3, 0.4) is 0 Å². The van der Waals surface area contributed by atoms with Gasteiger partial charge >= 0.3 is 6.09 Å². The molecule has 0 bridgehead atoms. The fourth-order valence-corrected chi connectivity index (χ4v) is 6.08. The van der Waals surface area contributed by atoms with Gasteiger partial charge in [0.05, 0.1) is 6.04 Å². The molecule has 3 rings (SSSR count). The average molecular weight is 549 g/mol. The predicted octanol–water partition coefficient (Wildman–Crippen LogP) is 3.06. The third-order valence-corrected chi connectivity index (χ3v) is 8.49. The number of carbonyl (C=O) groups is 5. The SMILES string of the molecule is CCCC1CC12CC(C(=O)NC(CC1CCC1)C(=O)C(N)=O)N(C(=O)C(NC(=O)OC(C)(C)C)C(C)(C)C)C2. The summed E-state index contributed by atoms with van der Waals surface area (Å²) in [7, 11) is 0. The third-order valence-electron chi connectivity index (χ3n) is 8.49. The minimum atomic E-state index is -1.07. The Morgan fingerprint density at radius 1 is 1.03 bits per heavy atom. The van der Waals surface area contributed by atoms with Crippen molar-refractivity contribution in [3.05, 3.63) is 0 Å². The molecule has 1 heterocycles. The summed E-state index contributed by atoms with van der Waals surface area (Å²) in [4.78, 5) is 66.4. The maximum atomic E-state index is 14.1. The van der Waals surface area contributed by atoms with E-state index in [2.05, 4.69) is 17.6 Å². The van der Waals surface area contributed by atoms with Crippen LogP contribution in [-0.4, -0.2) is 64.8 Å². The molecule has 1 saturated heterocycles. The first kappa shape index (κ1) is 30.9. The second kappa shape index (κ2) is 11.5. The summed E-state index contributed by atoms with van der Waals surface area (Å²) in [6.45, 7) is 13.3. The summed E-state index contributed by atoms with van der Waals surface area (Å²) >= 11 is 0. The number of rotatable bonds is 10. The van der Waals surface area contributed by atoms with E-state index < -0.39 is 52.8 Å². The van der Waals surface area contributed by atoms with Crippen LogP contribution in [0.15, 0.2) is 0 Å². The maximum Gasteiger partial charge on any atom is 0.408 e. The number of Topliss-reactive ketones (excluding diaryl/α,β-unsaturated/α-hetero) is 1. The first-order valence-electron chi connectivity index (χ1n) is 14.4. The van der Waals surface area contributed by atoms with E-state index in [1.54, 1.807) is 25.7 Å². The number of amides is 4. The van der Waals surface area contributed by atoms with Crippen LogP contribution in [0.5, 0.6) is 0 Å². The number of carbonyl (C=O) groups excluding carboxylic acids is 5. The van der Waals surface area contributed by atoms with Gasteiger partial charge in [0.1, 0.15) is 17.7 Å². The number of primary amides is 1. The molecule has 2 saturated carbocycles. The van der Waals surface area contributed by atoms with E-state index in [4.69, 9.17) is 10.5 Å². The smallest absolute Gasteiger partial charge is 0.408 e. The zero-order valence-electron chi connectivity index (χ0n) is 24.7. The van der Waals surface area contributed by atoms with E-state index in [1.165, 1.54) is 0 Å². The van der Waals surface area contributed by atoms with Crippen molar-refractivity contribution in [1.29, 1.82) is 0 Å². The normalized spacial score (nSPS) is 26.4. The van der Waals surface area contributed by atoms with Gasteiger partial charge in [0.25, 0.3) is 5.91 Å². The molecule has 3 fully saturated rings. The molecular weight excluding hydrogens is 500 g/mol. The Labute approximate surface area is 232 Å². The Morgan fingerprint density at radius 2 is 1.67 bits per heavy atom. The second-order valence-electron chi connectivity index (χ2n) is 14.0. The lowest BCUT2D eigenvalue weighted by Crippen LogP contribution is -2.59. The zero-order valence-corrected chi connectivity index (χ0v) is 24.7. The Hall–Kier alpha value is -2.65. The van der Waals surface area contributed by atoms with Gasteiger partial charge in [-0.25, -0.2) is 4.79 Å². The van der Waals surface area contributed by atoms with Gasteiger partial charge < -0.3 is 26.0 Å². The van der Waals surface area contributed by atoms with E-state index in [0.29, 0.717) is 25.3 Å². The molecule has 0 aromatic carbocycles. The Balaban J connectivity index is 1.85. The minimum absolute atomic E-state index is 0.154. The van der Waals surface area contributed by atoms with Gasteiger partial charge in [0, 0.05) is 6.54 Å². The Kier molecular flexibility index (Phi) is 9.07. The first-order chi connectivity index (χ1) is 18.0. The molecule has 0 aromatic rings. The number of nitrogens with zero attached hydrogens (tertiary/aromatic N) is 1. The van der Waals surface area contributed by atoms with Gasteiger partial charge in [0.2, 0.25) is 17.6 Å². The van der Waals surface area contributed by atoms with E-state index in [1.807, 2.05) is 20.8 Å². The van der Waals surface area contributed by atoms with Gasteiger partial charge in [-0.05, 0) is 62.7 Å². The zero-order chi connectivity index (χ0) is 29.3. The highest BCUT2D eigenvalue weighted by atomic mass is 16.6. The summed E-state index contributed by atoms with van der Waals surface area (Å²) in [5.74, 6) is -2.02. The summed E-state index contributed by atoms with van der Waals surface area (Å²) in [5.41, 5.74) is 3.75. The molecule has 10 heteroatoms. The van der Waals surface area contributed by atoms with Crippen LogP contribution < -0.4 is 16.4 Å². The van der Waals surface area contributed by atoms with Crippen molar-refractivity contribution < 1.29 is 28.7 Å². The minimum Gasteiger partial charge on any atom is -0.444 e. The number of alkyl carbamates (subject to hydrolysis) is 1. The van der Waals surface area contributed by atoms with Crippen molar-refractivity contribution in [2.24, 2.45) is 28.4 Å². The molecular formula is C29H48N4O6. The largest absolute Gasteiger partial charge is 0.444 e. The van der Waals surface area contributed by atoms with Crippen LogP contribution in [0.25, 0.3) is 0 Å². The van der Waals surface area contributed by atoms with Gasteiger partial charge in [-0.3, -0.25) is 19.2 Å². The first-order valence-corrected chi connectivity index (χ1v) is 14.4. The molecule has 2 aliphatic carbocycles. The molecule has 5 unspecified atom stereocenters. The molecule has 4 amide bonds. The van der Waals surface area contributed by atoms with E-state index in [-0.39, 0.29) is 17.2 Å². The summed E-state index contributed by atoms with van der Waals surface area (Å²) in [5, 5.41) is 5.54. The van der Waals surface area contributed by atoms with Crippen molar-refractivity contribution in [2.75, 3.05) is 6.54 Å². The number of nitrogens with two attached hydrogens (primary N) is 1. The van der Waals surface area contributed by atoms with Crippen LogP contribution >= 0.6 is 0 Å². The van der Waals surface area contributed by atoms with Crippen LogP contribution in [0.4, 0.5) is 4.79 Å². The van der Waals surface area contributed by atoms with Crippen molar-refractivity contribution >= 4 is 29.6 Å².